The van der Waals surface area contributed by atoms with Gasteiger partial charge >= 0.3 is 0 Å². The first-order valence-corrected chi connectivity index (χ1v) is 7.10. The Bertz CT molecular complexity index is 388. The van der Waals surface area contributed by atoms with E-state index in [9.17, 15) is 0 Å². The second kappa shape index (κ2) is 7.72. The van der Waals surface area contributed by atoms with Gasteiger partial charge in [-0.3, -0.25) is 4.90 Å². The van der Waals surface area contributed by atoms with Gasteiger partial charge in [-0.15, -0.1) is 0 Å². The Hall–Kier alpha value is -0.640. The van der Waals surface area contributed by atoms with Crippen LogP contribution in [0.4, 0.5) is 0 Å². The average molecular weight is 311 g/mol. The second-order valence-electron chi connectivity index (χ2n) is 5.05. The normalized spacial score (nSPS) is 11.2. The molecular weight excluding hydrogens is 288 g/mol. The molecule has 0 aromatic heterocycles. The Morgan fingerprint density at radius 1 is 1.39 bits per heavy atom. The van der Waals surface area contributed by atoms with E-state index in [0.29, 0.717) is 6.04 Å². The van der Waals surface area contributed by atoms with E-state index in [4.69, 9.17) is 0 Å². The van der Waals surface area contributed by atoms with Gasteiger partial charge in [0.25, 0.3) is 0 Å². The van der Waals surface area contributed by atoms with Crippen molar-refractivity contribution in [1.29, 1.82) is 0 Å². The first kappa shape index (κ1) is 15.4. The van der Waals surface area contributed by atoms with Gasteiger partial charge in [-0.25, -0.2) is 0 Å². The van der Waals surface area contributed by atoms with E-state index in [1.54, 1.807) is 0 Å². The molecule has 0 atom stereocenters. The molecule has 0 amide bonds. The van der Waals surface area contributed by atoms with Crippen molar-refractivity contribution in [2.24, 2.45) is 0 Å². The number of nitrogens with one attached hydrogen (secondary N) is 1. The van der Waals surface area contributed by atoms with Gasteiger partial charge in [0.15, 0.2) is 0 Å². The number of rotatable bonds is 7. The summed E-state index contributed by atoms with van der Waals surface area (Å²) in [5.74, 6) is 0. The number of nitrogens with zero attached hydrogens (tertiary/aromatic N) is 1. The summed E-state index contributed by atoms with van der Waals surface area (Å²) in [4.78, 5) is 2.28. The van der Waals surface area contributed by atoms with Gasteiger partial charge in [-0.1, -0.05) is 54.6 Å². The summed E-state index contributed by atoms with van der Waals surface area (Å²) in [5, 5.41) is 3.39. The lowest BCUT2D eigenvalue weighted by atomic mass is 10.2. The molecule has 2 nitrogen and oxygen atoms in total. The van der Waals surface area contributed by atoms with Gasteiger partial charge in [0, 0.05) is 30.1 Å². The molecule has 0 aliphatic heterocycles. The highest BCUT2D eigenvalue weighted by Gasteiger charge is 2.05. The van der Waals surface area contributed by atoms with Gasteiger partial charge < -0.3 is 5.32 Å². The molecule has 0 saturated heterocycles. The molecule has 3 heteroatoms. The highest BCUT2D eigenvalue weighted by Crippen LogP contribution is 2.17. The lowest BCUT2D eigenvalue weighted by Crippen LogP contribution is -2.29. The maximum atomic E-state index is 4.11. The third-order valence-electron chi connectivity index (χ3n) is 2.65. The average Bonchev–Trinajstić information content (AvgIpc) is 2.29. The monoisotopic (exact) mass is 310 g/mol. The van der Waals surface area contributed by atoms with E-state index in [1.807, 2.05) is 6.07 Å². The molecule has 0 fully saturated rings. The van der Waals surface area contributed by atoms with Gasteiger partial charge in [0.2, 0.25) is 0 Å². The molecule has 1 rings (SSSR count). The number of hydrogen-bond acceptors (Lipinski definition) is 2. The minimum Gasteiger partial charge on any atom is -0.311 e. The van der Waals surface area contributed by atoms with Crippen molar-refractivity contribution in [2.45, 2.75) is 26.4 Å². The van der Waals surface area contributed by atoms with E-state index in [0.717, 1.165) is 19.6 Å². The summed E-state index contributed by atoms with van der Waals surface area (Å²) >= 11 is 3.58. The minimum atomic E-state index is 0.510. The third kappa shape index (κ3) is 5.80. The van der Waals surface area contributed by atoms with Crippen LogP contribution in [-0.4, -0.2) is 31.1 Å². The smallest absolute Gasteiger partial charge is 0.0245 e. The van der Waals surface area contributed by atoms with E-state index in [-0.39, 0.29) is 0 Å². The van der Waals surface area contributed by atoms with Gasteiger partial charge in [-0.2, -0.15) is 0 Å². The third-order valence-corrected chi connectivity index (χ3v) is 3.43. The van der Waals surface area contributed by atoms with E-state index < -0.39 is 0 Å². The summed E-state index contributed by atoms with van der Waals surface area (Å²) in [6, 6.07) is 8.85. The molecule has 18 heavy (non-hydrogen) atoms. The Kier molecular flexibility index (Phi) is 6.61. The predicted octanol–water partition coefficient (Wildman–Crippen LogP) is 3.44. The van der Waals surface area contributed by atoms with Crippen molar-refractivity contribution >= 4 is 15.9 Å². The first-order valence-electron chi connectivity index (χ1n) is 6.31. The highest BCUT2D eigenvalue weighted by atomic mass is 79.9. The molecular formula is C15H23BrN2. The van der Waals surface area contributed by atoms with E-state index in [2.05, 4.69) is 71.8 Å². The molecule has 0 bridgehead atoms. The Balaban J connectivity index is 2.40. The second-order valence-corrected chi connectivity index (χ2v) is 5.90. The van der Waals surface area contributed by atoms with Gasteiger partial charge in [-0.05, 0) is 24.3 Å². The van der Waals surface area contributed by atoms with Crippen molar-refractivity contribution in [3.8, 4) is 0 Å². The van der Waals surface area contributed by atoms with Crippen LogP contribution in [0.1, 0.15) is 19.4 Å². The van der Waals surface area contributed by atoms with Crippen LogP contribution in [0.25, 0.3) is 0 Å². The lowest BCUT2D eigenvalue weighted by molar-refractivity contribution is 0.350. The standard InChI is InChI=1S/C15H23BrN2/c1-12(2)17-9-13(3)10-18(4)11-14-7-5-6-8-15(14)16/h5-8,12,17H,3,9-11H2,1-2,4H3. The van der Waals surface area contributed by atoms with Crippen LogP contribution in [0.2, 0.25) is 0 Å². The van der Waals surface area contributed by atoms with Crippen molar-refractivity contribution in [1.82, 2.24) is 10.2 Å². The molecule has 100 valence electrons. The maximum Gasteiger partial charge on any atom is 0.0245 e. The molecule has 0 saturated carbocycles. The zero-order valence-corrected chi connectivity index (χ0v) is 13.1. The highest BCUT2D eigenvalue weighted by molar-refractivity contribution is 9.10. The Morgan fingerprint density at radius 2 is 2.06 bits per heavy atom. The SMILES string of the molecule is C=C(CNC(C)C)CN(C)Cc1ccccc1Br. The first-order chi connectivity index (χ1) is 8.49. The van der Waals surface area contributed by atoms with Crippen LogP contribution in [0.15, 0.2) is 40.9 Å². The summed E-state index contributed by atoms with van der Waals surface area (Å²) in [5.41, 5.74) is 2.53. The molecule has 0 radical (unpaired) electrons. The lowest BCUT2D eigenvalue weighted by Gasteiger charge is -2.20. The largest absolute Gasteiger partial charge is 0.311 e. The van der Waals surface area contributed by atoms with Crippen LogP contribution in [-0.2, 0) is 6.54 Å². The number of hydrogen-bond donors (Lipinski definition) is 1. The van der Waals surface area contributed by atoms with Crippen molar-refractivity contribution < 1.29 is 0 Å². The van der Waals surface area contributed by atoms with Crippen LogP contribution in [0.5, 0.6) is 0 Å². The van der Waals surface area contributed by atoms with Crippen molar-refractivity contribution in [3.05, 3.63) is 46.5 Å². The van der Waals surface area contributed by atoms with Crippen LogP contribution in [0.3, 0.4) is 0 Å². The zero-order valence-electron chi connectivity index (χ0n) is 11.5. The zero-order chi connectivity index (χ0) is 13.5. The minimum absolute atomic E-state index is 0.510. The molecule has 0 heterocycles. The maximum absolute atomic E-state index is 4.11. The van der Waals surface area contributed by atoms with Crippen molar-refractivity contribution in [2.75, 3.05) is 20.1 Å². The van der Waals surface area contributed by atoms with E-state index >= 15 is 0 Å². The Morgan fingerprint density at radius 3 is 2.67 bits per heavy atom. The fourth-order valence-corrected chi connectivity index (χ4v) is 2.17. The summed E-state index contributed by atoms with van der Waals surface area (Å²) in [7, 11) is 2.12. The molecule has 1 aromatic rings. The quantitative estimate of drug-likeness (QED) is 0.776. The van der Waals surface area contributed by atoms with E-state index in [1.165, 1.54) is 15.6 Å². The van der Waals surface area contributed by atoms with Crippen molar-refractivity contribution in [3.63, 3.8) is 0 Å². The topological polar surface area (TPSA) is 15.3 Å². The number of halogens is 1. The van der Waals surface area contributed by atoms with Gasteiger partial charge in [0.1, 0.15) is 0 Å². The summed E-state index contributed by atoms with van der Waals surface area (Å²) in [6.45, 7) is 11.2. The molecule has 0 unspecified atom stereocenters. The Labute approximate surface area is 119 Å². The van der Waals surface area contributed by atoms with Crippen LogP contribution < -0.4 is 5.32 Å². The molecule has 0 spiro atoms. The fourth-order valence-electron chi connectivity index (χ4n) is 1.76. The molecule has 0 aliphatic carbocycles. The van der Waals surface area contributed by atoms with Gasteiger partial charge in [0.05, 0.1) is 0 Å². The number of likely N-dealkylation sites (N-methyl/N-ethyl adjacent to an activating group) is 1. The van der Waals surface area contributed by atoms with Crippen LogP contribution >= 0.6 is 15.9 Å². The molecule has 0 aliphatic rings. The molecule has 1 aromatic carbocycles. The number of benzene rings is 1. The summed E-state index contributed by atoms with van der Waals surface area (Å²) < 4.78 is 1.17. The molecule has 1 N–H and O–H groups in total. The summed E-state index contributed by atoms with van der Waals surface area (Å²) in [6.07, 6.45) is 0. The fraction of sp³-hybridized carbons (Fsp3) is 0.467. The predicted molar refractivity (Wildman–Crippen MR) is 82.8 cm³/mol. The van der Waals surface area contributed by atoms with Crippen LogP contribution in [0, 0.1) is 0 Å².